The van der Waals surface area contributed by atoms with Crippen LogP contribution in [0.5, 0.6) is 5.75 Å². The Morgan fingerprint density at radius 2 is 1.90 bits per heavy atom. The second-order valence-electron chi connectivity index (χ2n) is 7.36. The molecule has 0 aliphatic heterocycles. The fraction of sp³-hybridized carbons (Fsp3) is 0.250. The van der Waals surface area contributed by atoms with Gasteiger partial charge in [-0.2, -0.15) is 0 Å². The van der Waals surface area contributed by atoms with Crippen LogP contribution in [0.3, 0.4) is 0 Å². The van der Waals surface area contributed by atoms with E-state index < -0.39 is 0 Å². The number of aromatic nitrogens is 2. The lowest BCUT2D eigenvalue weighted by atomic mass is 9.83. The number of hydrogen-bond acceptors (Lipinski definition) is 5. The van der Waals surface area contributed by atoms with E-state index in [0.717, 1.165) is 39.3 Å². The highest BCUT2D eigenvalue weighted by Gasteiger charge is 2.26. The summed E-state index contributed by atoms with van der Waals surface area (Å²) in [5.74, 6) is 1.50. The standard InChI is InChI=1S/C24H21BrN2OS2/c1-2-28-18-8-3-15(4-9-18)16-5-12-20-21(13-16)30-24-22(20)23(26-14-27-24)29-19-10-6-17(25)7-11-19/h3-4,6-11,14,16H,2,5,12-13H2,1H3. The fourth-order valence-electron chi connectivity index (χ4n) is 4.06. The van der Waals surface area contributed by atoms with Crippen molar-refractivity contribution in [3.05, 3.63) is 75.3 Å². The number of rotatable bonds is 5. The van der Waals surface area contributed by atoms with E-state index in [-0.39, 0.29) is 0 Å². The van der Waals surface area contributed by atoms with Crippen LogP contribution in [0.2, 0.25) is 0 Å². The number of hydrogen-bond donors (Lipinski definition) is 0. The van der Waals surface area contributed by atoms with Crippen molar-refractivity contribution in [1.82, 2.24) is 9.97 Å². The van der Waals surface area contributed by atoms with Crippen LogP contribution >= 0.6 is 39.0 Å². The second kappa shape index (κ2) is 8.69. The number of fused-ring (bicyclic) bond motifs is 3. The van der Waals surface area contributed by atoms with Crippen LogP contribution in [-0.4, -0.2) is 16.6 Å². The van der Waals surface area contributed by atoms with Gasteiger partial charge in [0, 0.05) is 19.6 Å². The summed E-state index contributed by atoms with van der Waals surface area (Å²) in [5, 5.41) is 2.33. The van der Waals surface area contributed by atoms with Crippen molar-refractivity contribution in [3.8, 4) is 5.75 Å². The summed E-state index contributed by atoms with van der Waals surface area (Å²) < 4.78 is 6.69. The minimum atomic E-state index is 0.553. The second-order valence-corrected chi connectivity index (χ2v) is 10.4. The molecule has 1 unspecified atom stereocenters. The first kappa shape index (κ1) is 20.0. The van der Waals surface area contributed by atoms with E-state index in [0.29, 0.717) is 12.5 Å². The van der Waals surface area contributed by atoms with Crippen LogP contribution in [0, 0.1) is 0 Å². The molecule has 2 aromatic heterocycles. The van der Waals surface area contributed by atoms with Crippen molar-refractivity contribution in [1.29, 1.82) is 0 Å². The van der Waals surface area contributed by atoms with Crippen LogP contribution in [0.15, 0.2) is 69.3 Å². The number of benzene rings is 2. The van der Waals surface area contributed by atoms with Gasteiger partial charge in [-0.15, -0.1) is 11.3 Å². The Morgan fingerprint density at radius 3 is 2.67 bits per heavy atom. The minimum Gasteiger partial charge on any atom is -0.494 e. The summed E-state index contributed by atoms with van der Waals surface area (Å²) in [7, 11) is 0. The van der Waals surface area contributed by atoms with E-state index in [1.807, 2.05) is 18.3 Å². The molecule has 1 aliphatic rings. The van der Waals surface area contributed by atoms with E-state index in [4.69, 9.17) is 4.74 Å². The molecule has 2 heterocycles. The third-order valence-electron chi connectivity index (χ3n) is 5.50. The molecule has 0 fully saturated rings. The zero-order chi connectivity index (χ0) is 20.5. The van der Waals surface area contributed by atoms with Gasteiger partial charge in [0.15, 0.2) is 0 Å². The zero-order valence-corrected chi connectivity index (χ0v) is 19.8. The maximum absolute atomic E-state index is 5.59. The Labute approximate surface area is 193 Å². The van der Waals surface area contributed by atoms with Gasteiger partial charge in [-0.25, -0.2) is 9.97 Å². The van der Waals surface area contributed by atoms with Crippen LogP contribution in [-0.2, 0) is 12.8 Å². The van der Waals surface area contributed by atoms with Crippen molar-refractivity contribution in [2.45, 2.75) is 42.0 Å². The van der Waals surface area contributed by atoms with Crippen molar-refractivity contribution < 1.29 is 4.74 Å². The highest BCUT2D eigenvalue weighted by molar-refractivity contribution is 9.10. The van der Waals surface area contributed by atoms with Crippen LogP contribution < -0.4 is 4.74 Å². The van der Waals surface area contributed by atoms with Gasteiger partial charge >= 0.3 is 0 Å². The average Bonchev–Trinajstić information content (AvgIpc) is 3.15. The highest BCUT2D eigenvalue weighted by atomic mass is 79.9. The molecule has 0 N–H and O–H groups in total. The molecular weight excluding hydrogens is 476 g/mol. The molecule has 0 bridgehead atoms. The number of thiophene rings is 1. The Morgan fingerprint density at radius 1 is 1.10 bits per heavy atom. The fourth-order valence-corrected chi connectivity index (χ4v) is 6.57. The number of halogens is 1. The lowest BCUT2D eigenvalue weighted by molar-refractivity contribution is 0.340. The predicted molar refractivity (Wildman–Crippen MR) is 128 cm³/mol. The molecule has 3 nitrogen and oxygen atoms in total. The smallest absolute Gasteiger partial charge is 0.128 e. The van der Waals surface area contributed by atoms with Gasteiger partial charge in [-0.05, 0) is 79.6 Å². The summed E-state index contributed by atoms with van der Waals surface area (Å²) in [5.41, 5.74) is 2.86. The van der Waals surface area contributed by atoms with Crippen LogP contribution in [0.25, 0.3) is 10.2 Å². The predicted octanol–water partition coefficient (Wildman–Crippen LogP) is 7.28. The Kier molecular flexibility index (Phi) is 5.81. The lowest BCUT2D eigenvalue weighted by Crippen LogP contribution is -2.11. The Hall–Kier alpha value is -1.89. The first-order chi connectivity index (χ1) is 14.7. The average molecular weight is 497 g/mol. The molecular formula is C24H21BrN2OS2. The molecule has 0 saturated carbocycles. The van der Waals surface area contributed by atoms with Gasteiger partial charge in [0.25, 0.3) is 0 Å². The zero-order valence-electron chi connectivity index (χ0n) is 16.6. The van der Waals surface area contributed by atoms with Crippen molar-refractivity contribution >= 4 is 49.2 Å². The van der Waals surface area contributed by atoms with Crippen LogP contribution in [0.4, 0.5) is 0 Å². The Balaban J connectivity index is 1.43. The molecule has 1 aliphatic carbocycles. The normalized spacial score (nSPS) is 15.9. The van der Waals surface area contributed by atoms with Gasteiger partial charge in [-0.1, -0.05) is 39.8 Å². The van der Waals surface area contributed by atoms with Crippen molar-refractivity contribution in [3.63, 3.8) is 0 Å². The summed E-state index contributed by atoms with van der Waals surface area (Å²) in [6.45, 7) is 2.72. The highest BCUT2D eigenvalue weighted by Crippen LogP contribution is 2.44. The summed E-state index contributed by atoms with van der Waals surface area (Å²) in [4.78, 5) is 13.0. The Bertz CT molecular complexity index is 1170. The summed E-state index contributed by atoms with van der Waals surface area (Å²) in [6.07, 6.45) is 5.01. The van der Waals surface area contributed by atoms with Gasteiger partial charge in [0.05, 0.1) is 6.61 Å². The number of aryl methyl sites for hydroxylation is 1. The van der Waals surface area contributed by atoms with E-state index >= 15 is 0 Å². The van der Waals surface area contributed by atoms with E-state index in [1.165, 1.54) is 26.3 Å². The molecule has 152 valence electrons. The van der Waals surface area contributed by atoms with Crippen molar-refractivity contribution in [2.75, 3.05) is 6.61 Å². The number of ether oxygens (including phenoxy) is 1. The maximum atomic E-state index is 5.59. The monoisotopic (exact) mass is 496 g/mol. The summed E-state index contributed by atoms with van der Waals surface area (Å²) >= 11 is 7.08. The van der Waals surface area contributed by atoms with Crippen LogP contribution in [0.1, 0.15) is 35.3 Å². The van der Waals surface area contributed by atoms with Gasteiger partial charge in [0.2, 0.25) is 0 Å². The number of nitrogens with zero attached hydrogens (tertiary/aromatic N) is 2. The molecule has 0 saturated heterocycles. The third kappa shape index (κ3) is 4.01. The molecule has 5 rings (SSSR count). The molecule has 0 radical (unpaired) electrons. The van der Waals surface area contributed by atoms with E-state index in [1.54, 1.807) is 18.1 Å². The van der Waals surface area contributed by atoms with E-state index in [2.05, 4.69) is 74.4 Å². The largest absolute Gasteiger partial charge is 0.494 e. The molecule has 0 spiro atoms. The SMILES string of the molecule is CCOc1ccc(C2CCc3c(sc4ncnc(Sc5ccc(Br)cc5)c34)C2)cc1. The van der Waals surface area contributed by atoms with Gasteiger partial charge in [-0.3, -0.25) is 0 Å². The molecule has 6 heteroatoms. The molecule has 4 aromatic rings. The summed E-state index contributed by atoms with van der Waals surface area (Å²) in [6, 6.07) is 17.0. The minimum absolute atomic E-state index is 0.553. The quantitative estimate of drug-likeness (QED) is 0.272. The molecule has 1 atom stereocenters. The van der Waals surface area contributed by atoms with Gasteiger partial charge in [0.1, 0.15) is 21.9 Å². The molecule has 0 amide bonds. The lowest BCUT2D eigenvalue weighted by Gasteiger charge is -2.23. The van der Waals surface area contributed by atoms with E-state index in [9.17, 15) is 0 Å². The topological polar surface area (TPSA) is 35.0 Å². The van der Waals surface area contributed by atoms with Crippen molar-refractivity contribution in [2.24, 2.45) is 0 Å². The molecule has 30 heavy (non-hydrogen) atoms. The first-order valence-corrected chi connectivity index (χ1v) is 12.6. The van der Waals surface area contributed by atoms with Gasteiger partial charge < -0.3 is 4.74 Å². The maximum Gasteiger partial charge on any atom is 0.128 e. The molecule has 2 aromatic carbocycles. The first-order valence-electron chi connectivity index (χ1n) is 10.1. The third-order valence-corrected chi connectivity index (χ3v) is 8.20.